The number of amides is 1. The molecule has 0 bridgehead atoms. The van der Waals surface area contributed by atoms with E-state index in [1.165, 1.54) is 5.56 Å². The van der Waals surface area contributed by atoms with E-state index >= 15 is 0 Å². The van der Waals surface area contributed by atoms with Crippen molar-refractivity contribution in [2.45, 2.75) is 39.3 Å². The molecule has 116 valence electrons. The number of carbonyl (C=O) groups excluding carboxylic acids is 1. The molecule has 21 heavy (non-hydrogen) atoms. The van der Waals surface area contributed by atoms with Crippen LogP contribution in [0.1, 0.15) is 37.4 Å². The van der Waals surface area contributed by atoms with E-state index in [4.69, 9.17) is 5.73 Å². The zero-order chi connectivity index (χ0) is 15.4. The van der Waals surface area contributed by atoms with Crippen molar-refractivity contribution in [3.63, 3.8) is 0 Å². The van der Waals surface area contributed by atoms with E-state index in [1.54, 1.807) is 0 Å². The van der Waals surface area contributed by atoms with E-state index in [0.29, 0.717) is 6.04 Å². The molecule has 0 radical (unpaired) electrons. The number of rotatable bonds is 4. The number of carbonyl (C=O) groups is 1. The van der Waals surface area contributed by atoms with Crippen LogP contribution in [0, 0.1) is 6.92 Å². The second kappa shape index (κ2) is 7.05. The molecular formula is C17H27N3O. The van der Waals surface area contributed by atoms with Crippen molar-refractivity contribution in [2.75, 3.05) is 26.2 Å². The highest BCUT2D eigenvalue weighted by Crippen LogP contribution is 2.16. The predicted octanol–water partition coefficient (Wildman–Crippen LogP) is 1.94. The number of hydrogen-bond acceptors (Lipinski definition) is 3. The van der Waals surface area contributed by atoms with E-state index in [9.17, 15) is 4.79 Å². The van der Waals surface area contributed by atoms with Gasteiger partial charge < -0.3 is 10.6 Å². The monoisotopic (exact) mass is 289 g/mol. The molecule has 2 rings (SSSR count). The molecular weight excluding hydrogens is 262 g/mol. The van der Waals surface area contributed by atoms with Crippen LogP contribution in [0.15, 0.2) is 24.3 Å². The number of piperazine rings is 1. The molecule has 0 saturated carbocycles. The van der Waals surface area contributed by atoms with Crippen LogP contribution in [0.2, 0.25) is 0 Å². The van der Waals surface area contributed by atoms with Crippen molar-refractivity contribution in [2.24, 2.45) is 5.73 Å². The summed E-state index contributed by atoms with van der Waals surface area (Å²) in [5.74, 6) is 0.0441. The van der Waals surface area contributed by atoms with Gasteiger partial charge in [0.25, 0.3) is 0 Å². The van der Waals surface area contributed by atoms with Gasteiger partial charge in [-0.05, 0) is 25.8 Å². The van der Waals surface area contributed by atoms with Gasteiger partial charge in [0.05, 0.1) is 0 Å². The number of nitrogens with two attached hydrogens (primary N) is 1. The van der Waals surface area contributed by atoms with Crippen LogP contribution in [0.25, 0.3) is 0 Å². The van der Waals surface area contributed by atoms with Crippen LogP contribution in [0.3, 0.4) is 0 Å². The summed E-state index contributed by atoms with van der Waals surface area (Å²) in [5.41, 5.74) is 8.21. The molecule has 1 aliphatic rings. The Morgan fingerprint density at radius 2 is 1.76 bits per heavy atom. The first-order valence-corrected chi connectivity index (χ1v) is 7.88. The summed E-state index contributed by atoms with van der Waals surface area (Å²) in [6.45, 7) is 9.93. The largest absolute Gasteiger partial charge is 0.338 e. The van der Waals surface area contributed by atoms with Gasteiger partial charge in [-0.3, -0.25) is 9.69 Å². The van der Waals surface area contributed by atoms with Gasteiger partial charge in [-0.25, -0.2) is 0 Å². The molecule has 1 saturated heterocycles. The van der Waals surface area contributed by atoms with Gasteiger partial charge in [0.15, 0.2) is 0 Å². The number of hydrogen-bond donors (Lipinski definition) is 1. The molecule has 1 aromatic rings. The van der Waals surface area contributed by atoms with Gasteiger partial charge in [-0.1, -0.05) is 36.8 Å². The molecule has 0 spiro atoms. The van der Waals surface area contributed by atoms with E-state index in [0.717, 1.165) is 38.2 Å². The minimum atomic E-state index is -0.541. The lowest BCUT2D eigenvalue weighted by atomic mass is 10.0. The smallest absolute Gasteiger partial charge is 0.244 e. The van der Waals surface area contributed by atoms with Crippen molar-refractivity contribution in [3.8, 4) is 0 Å². The van der Waals surface area contributed by atoms with E-state index in [2.05, 4.69) is 18.7 Å². The Labute approximate surface area is 127 Å². The van der Waals surface area contributed by atoms with Gasteiger partial charge in [0, 0.05) is 32.2 Å². The zero-order valence-corrected chi connectivity index (χ0v) is 13.4. The molecule has 2 unspecified atom stereocenters. The maximum Gasteiger partial charge on any atom is 0.244 e. The maximum absolute atomic E-state index is 12.5. The number of nitrogens with zero attached hydrogens (tertiary/aromatic N) is 2. The molecule has 1 aromatic carbocycles. The van der Waals surface area contributed by atoms with E-state index in [-0.39, 0.29) is 5.91 Å². The number of benzene rings is 1. The van der Waals surface area contributed by atoms with Crippen molar-refractivity contribution >= 4 is 5.91 Å². The second-order valence-corrected chi connectivity index (χ2v) is 6.01. The fourth-order valence-corrected chi connectivity index (χ4v) is 2.75. The van der Waals surface area contributed by atoms with Gasteiger partial charge >= 0.3 is 0 Å². The summed E-state index contributed by atoms with van der Waals surface area (Å²) in [7, 11) is 0. The third-order valence-corrected chi connectivity index (χ3v) is 4.54. The summed E-state index contributed by atoms with van der Waals surface area (Å²) in [5, 5.41) is 0. The Hall–Kier alpha value is -1.39. The standard InChI is InChI=1S/C17H27N3O/c1-4-14(3)19-9-11-20(12-10-19)17(21)16(18)15-7-5-13(2)6-8-15/h5-8,14,16H,4,9-12,18H2,1-3H3. The fraction of sp³-hybridized carbons (Fsp3) is 0.588. The minimum absolute atomic E-state index is 0.0441. The van der Waals surface area contributed by atoms with Crippen LogP contribution < -0.4 is 5.73 Å². The summed E-state index contributed by atoms with van der Waals surface area (Å²) in [6.07, 6.45) is 1.15. The van der Waals surface area contributed by atoms with Crippen LogP contribution in [0.4, 0.5) is 0 Å². The average Bonchev–Trinajstić information content (AvgIpc) is 2.53. The molecule has 1 heterocycles. The molecule has 2 atom stereocenters. The third-order valence-electron chi connectivity index (χ3n) is 4.54. The molecule has 0 aromatic heterocycles. The van der Waals surface area contributed by atoms with Crippen molar-refractivity contribution in [1.29, 1.82) is 0 Å². The zero-order valence-electron chi connectivity index (χ0n) is 13.4. The van der Waals surface area contributed by atoms with Crippen molar-refractivity contribution in [1.82, 2.24) is 9.80 Å². The summed E-state index contributed by atoms with van der Waals surface area (Å²) in [4.78, 5) is 16.9. The van der Waals surface area contributed by atoms with Crippen molar-refractivity contribution < 1.29 is 4.79 Å². The molecule has 4 nitrogen and oxygen atoms in total. The third kappa shape index (κ3) is 3.83. The lowest BCUT2D eigenvalue weighted by Gasteiger charge is -2.38. The van der Waals surface area contributed by atoms with Crippen molar-refractivity contribution in [3.05, 3.63) is 35.4 Å². The normalized spacial score (nSPS) is 19.3. The molecule has 4 heteroatoms. The minimum Gasteiger partial charge on any atom is -0.338 e. The first kappa shape index (κ1) is 16.0. The Morgan fingerprint density at radius 1 is 1.19 bits per heavy atom. The van der Waals surface area contributed by atoms with Gasteiger partial charge in [-0.2, -0.15) is 0 Å². The molecule has 1 aliphatic heterocycles. The predicted molar refractivity (Wildman–Crippen MR) is 86.0 cm³/mol. The first-order chi connectivity index (χ1) is 10.0. The lowest BCUT2D eigenvalue weighted by molar-refractivity contribution is -0.134. The maximum atomic E-state index is 12.5. The van der Waals surface area contributed by atoms with Gasteiger partial charge in [0.2, 0.25) is 5.91 Å². The Balaban J connectivity index is 1.93. The van der Waals surface area contributed by atoms with E-state index in [1.807, 2.05) is 36.1 Å². The first-order valence-electron chi connectivity index (χ1n) is 7.88. The Kier molecular flexibility index (Phi) is 5.37. The Bertz CT molecular complexity index is 463. The SMILES string of the molecule is CCC(C)N1CCN(C(=O)C(N)c2ccc(C)cc2)CC1. The molecule has 2 N–H and O–H groups in total. The Morgan fingerprint density at radius 3 is 2.29 bits per heavy atom. The highest BCUT2D eigenvalue weighted by Gasteiger charge is 2.27. The average molecular weight is 289 g/mol. The summed E-state index contributed by atoms with van der Waals surface area (Å²) >= 11 is 0. The summed E-state index contributed by atoms with van der Waals surface area (Å²) in [6, 6.07) is 7.96. The van der Waals surface area contributed by atoms with Gasteiger partial charge in [-0.15, -0.1) is 0 Å². The number of aryl methyl sites for hydroxylation is 1. The van der Waals surface area contributed by atoms with Crippen LogP contribution >= 0.6 is 0 Å². The van der Waals surface area contributed by atoms with Crippen LogP contribution in [-0.4, -0.2) is 47.9 Å². The fourth-order valence-electron chi connectivity index (χ4n) is 2.75. The summed E-state index contributed by atoms with van der Waals surface area (Å²) < 4.78 is 0. The van der Waals surface area contributed by atoms with Crippen LogP contribution in [-0.2, 0) is 4.79 Å². The topological polar surface area (TPSA) is 49.6 Å². The molecule has 1 fully saturated rings. The van der Waals surface area contributed by atoms with E-state index < -0.39 is 6.04 Å². The quantitative estimate of drug-likeness (QED) is 0.921. The van der Waals surface area contributed by atoms with Crippen LogP contribution in [0.5, 0.6) is 0 Å². The molecule has 0 aliphatic carbocycles. The highest BCUT2D eigenvalue weighted by atomic mass is 16.2. The lowest BCUT2D eigenvalue weighted by Crippen LogP contribution is -2.53. The highest BCUT2D eigenvalue weighted by molar-refractivity contribution is 5.83. The van der Waals surface area contributed by atoms with Gasteiger partial charge in [0.1, 0.15) is 6.04 Å². The molecule has 1 amide bonds. The second-order valence-electron chi connectivity index (χ2n) is 6.01.